The van der Waals surface area contributed by atoms with E-state index in [4.69, 9.17) is 0 Å². The van der Waals surface area contributed by atoms with Crippen molar-refractivity contribution in [2.45, 2.75) is 25.0 Å². The largest absolute Gasteiger partial charge is 0.573 e. The zero-order valence-corrected chi connectivity index (χ0v) is 11.9. The number of alkyl halides is 4. The van der Waals surface area contributed by atoms with E-state index in [2.05, 4.69) is 30.4 Å². The topological polar surface area (TPSA) is 68.4 Å². The Morgan fingerprint density at radius 2 is 2.10 bits per heavy atom. The first-order chi connectivity index (χ1) is 9.28. The van der Waals surface area contributed by atoms with Crippen molar-refractivity contribution >= 4 is 21.9 Å². The molecule has 0 bridgehead atoms. The summed E-state index contributed by atoms with van der Waals surface area (Å²) >= 11 is 2.91. The molecule has 1 heterocycles. The fourth-order valence-corrected chi connectivity index (χ4v) is 1.97. The lowest BCUT2D eigenvalue weighted by atomic mass is 10.1. The number of esters is 1. The van der Waals surface area contributed by atoms with Crippen LogP contribution in [0.4, 0.5) is 13.2 Å². The first kappa shape index (κ1) is 16.5. The minimum absolute atomic E-state index is 0.100. The van der Waals surface area contributed by atoms with Crippen molar-refractivity contribution in [3.63, 3.8) is 0 Å². The van der Waals surface area contributed by atoms with Crippen LogP contribution in [-0.2, 0) is 21.3 Å². The molecule has 0 aromatic carbocycles. The lowest BCUT2D eigenvalue weighted by Gasteiger charge is -2.15. The molecule has 5 nitrogen and oxygen atoms in total. The van der Waals surface area contributed by atoms with Crippen LogP contribution in [0.15, 0.2) is 11.0 Å². The van der Waals surface area contributed by atoms with Gasteiger partial charge in [-0.2, -0.15) is 0 Å². The number of carbonyl (C=O) groups excluding carboxylic acids is 1. The zero-order valence-electron chi connectivity index (χ0n) is 10.3. The highest BCUT2D eigenvalue weighted by Gasteiger charge is 2.34. The molecule has 0 aliphatic carbocycles. The minimum atomic E-state index is -4.96. The summed E-state index contributed by atoms with van der Waals surface area (Å²) in [5.74, 6) is -1.39. The van der Waals surface area contributed by atoms with Crippen molar-refractivity contribution in [1.82, 2.24) is 4.98 Å². The SMILES string of the molecule is CCOC(=O)Cc1c[nH]c(=O)c(CBr)c1OC(F)(F)F. The molecule has 0 aliphatic heterocycles. The third-order valence-electron chi connectivity index (χ3n) is 2.21. The maximum atomic E-state index is 12.4. The molecule has 0 saturated heterocycles. The Kier molecular flexibility index (Phi) is 5.61. The summed E-state index contributed by atoms with van der Waals surface area (Å²) in [6, 6.07) is 0. The van der Waals surface area contributed by atoms with Crippen LogP contribution >= 0.6 is 15.9 Å². The number of halogens is 4. The summed E-state index contributed by atoms with van der Waals surface area (Å²) < 4.78 is 45.7. The maximum absolute atomic E-state index is 12.4. The molecule has 0 unspecified atom stereocenters. The monoisotopic (exact) mass is 357 g/mol. The van der Waals surface area contributed by atoms with Gasteiger partial charge in [0.05, 0.1) is 18.6 Å². The van der Waals surface area contributed by atoms with E-state index in [1.807, 2.05) is 0 Å². The first-order valence-corrected chi connectivity index (χ1v) is 6.61. The third kappa shape index (κ3) is 4.55. The lowest BCUT2D eigenvalue weighted by Crippen LogP contribution is -2.24. The molecular weight excluding hydrogens is 347 g/mol. The average molecular weight is 358 g/mol. The number of hydrogen-bond acceptors (Lipinski definition) is 4. The second kappa shape index (κ2) is 6.78. The number of H-pyrrole nitrogens is 1. The Bertz CT molecular complexity index is 541. The van der Waals surface area contributed by atoms with Gasteiger partial charge in [0.2, 0.25) is 0 Å². The van der Waals surface area contributed by atoms with E-state index in [1.165, 1.54) is 0 Å². The number of carbonyl (C=O) groups is 1. The van der Waals surface area contributed by atoms with Gasteiger partial charge in [-0.1, -0.05) is 15.9 Å². The average Bonchev–Trinajstić information content (AvgIpc) is 2.31. The Labute approximate surface area is 120 Å². The van der Waals surface area contributed by atoms with Crippen LogP contribution in [-0.4, -0.2) is 23.9 Å². The summed E-state index contributed by atoms with van der Waals surface area (Å²) in [7, 11) is 0. The zero-order chi connectivity index (χ0) is 15.3. The third-order valence-corrected chi connectivity index (χ3v) is 2.77. The van der Waals surface area contributed by atoms with Gasteiger partial charge in [-0.05, 0) is 6.92 Å². The summed E-state index contributed by atoms with van der Waals surface area (Å²) in [5, 5.41) is -0.148. The Morgan fingerprint density at radius 3 is 2.60 bits per heavy atom. The normalized spacial score (nSPS) is 11.2. The Balaban J connectivity index is 3.22. The van der Waals surface area contributed by atoms with Crippen molar-refractivity contribution < 1.29 is 27.4 Å². The van der Waals surface area contributed by atoms with E-state index < -0.39 is 30.1 Å². The number of ether oxygens (including phenoxy) is 2. The van der Waals surface area contributed by atoms with Gasteiger partial charge >= 0.3 is 12.3 Å². The van der Waals surface area contributed by atoms with E-state index in [1.54, 1.807) is 6.92 Å². The van der Waals surface area contributed by atoms with Gasteiger partial charge in [-0.25, -0.2) is 0 Å². The molecule has 1 N–H and O–H groups in total. The molecule has 112 valence electrons. The summed E-state index contributed by atoms with van der Waals surface area (Å²) in [6.45, 7) is 1.67. The maximum Gasteiger partial charge on any atom is 0.573 e. The summed E-state index contributed by atoms with van der Waals surface area (Å²) in [6.07, 6.45) is -4.39. The molecule has 0 aliphatic rings. The molecule has 0 radical (unpaired) electrons. The van der Waals surface area contributed by atoms with Crippen LogP contribution in [0.25, 0.3) is 0 Å². The van der Waals surface area contributed by atoms with Crippen molar-refractivity contribution in [2.24, 2.45) is 0 Å². The molecule has 1 aromatic heterocycles. The van der Waals surface area contributed by atoms with E-state index in [9.17, 15) is 22.8 Å². The summed E-state index contributed by atoms with van der Waals surface area (Å²) in [5.41, 5.74) is -1.08. The van der Waals surface area contributed by atoms with Gasteiger partial charge in [0.25, 0.3) is 5.56 Å². The Morgan fingerprint density at radius 1 is 1.45 bits per heavy atom. The number of pyridine rings is 1. The van der Waals surface area contributed by atoms with Gasteiger partial charge in [0.15, 0.2) is 0 Å². The second-order valence-electron chi connectivity index (χ2n) is 3.61. The van der Waals surface area contributed by atoms with Gasteiger partial charge in [0.1, 0.15) is 5.75 Å². The van der Waals surface area contributed by atoms with Crippen molar-refractivity contribution in [3.05, 3.63) is 27.7 Å². The molecule has 1 rings (SSSR count). The van der Waals surface area contributed by atoms with Crippen molar-refractivity contribution in [1.29, 1.82) is 0 Å². The van der Waals surface area contributed by atoms with E-state index >= 15 is 0 Å². The van der Waals surface area contributed by atoms with Gasteiger partial charge in [-0.3, -0.25) is 9.59 Å². The number of aromatic nitrogens is 1. The quantitative estimate of drug-likeness (QED) is 0.648. The molecule has 0 fully saturated rings. The molecule has 0 atom stereocenters. The van der Waals surface area contributed by atoms with Crippen LogP contribution in [0.5, 0.6) is 5.75 Å². The highest BCUT2D eigenvalue weighted by Crippen LogP contribution is 2.29. The predicted molar refractivity (Wildman–Crippen MR) is 66.7 cm³/mol. The first-order valence-electron chi connectivity index (χ1n) is 5.49. The highest BCUT2D eigenvalue weighted by atomic mass is 79.9. The fourth-order valence-electron chi connectivity index (χ4n) is 1.47. The highest BCUT2D eigenvalue weighted by molar-refractivity contribution is 9.08. The van der Waals surface area contributed by atoms with Crippen LogP contribution < -0.4 is 10.3 Å². The van der Waals surface area contributed by atoms with Crippen molar-refractivity contribution in [2.75, 3.05) is 6.61 Å². The van der Waals surface area contributed by atoms with Gasteiger partial charge in [0, 0.05) is 17.1 Å². The molecular formula is C11H11BrF3NO4. The van der Waals surface area contributed by atoms with Gasteiger partial charge < -0.3 is 14.5 Å². The molecule has 0 saturated carbocycles. The fraction of sp³-hybridized carbons (Fsp3) is 0.455. The number of hydrogen-bond donors (Lipinski definition) is 1. The summed E-state index contributed by atoms with van der Waals surface area (Å²) in [4.78, 5) is 25.1. The molecule has 20 heavy (non-hydrogen) atoms. The number of nitrogens with one attached hydrogen (secondary N) is 1. The second-order valence-corrected chi connectivity index (χ2v) is 4.17. The molecule has 0 amide bonds. The number of aromatic amines is 1. The molecule has 9 heteroatoms. The smallest absolute Gasteiger partial charge is 0.466 e. The minimum Gasteiger partial charge on any atom is -0.466 e. The van der Waals surface area contributed by atoms with Crippen LogP contribution in [0.1, 0.15) is 18.1 Å². The molecule has 1 aromatic rings. The van der Waals surface area contributed by atoms with Gasteiger partial charge in [-0.15, -0.1) is 13.2 Å². The van der Waals surface area contributed by atoms with E-state index in [0.29, 0.717) is 0 Å². The standard InChI is InChI=1S/C11H11BrF3NO4/c1-2-19-8(17)3-6-5-16-10(18)7(4-12)9(6)20-11(13,14)15/h5H,2-4H2,1H3,(H,16,18). The van der Waals surface area contributed by atoms with Crippen molar-refractivity contribution in [3.8, 4) is 5.75 Å². The van der Waals surface area contributed by atoms with E-state index in [-0.39, 0.29) is 23.1 Å². The van der Waals surface area contributed by atoms with Crippen LogP contribution in [0.3, 0.4) is 0 Å². The molecule has 0 spiro atoms. The number of rotatable bonds is 5. The van der Waals surface area contributed by atoms with Crippen LogP contribution in [0.2, 0.25) is 0 Å². The van der Waals surface area contributed by atoms with E-state index in [0.717, 1.165) is 6.20 Å². The van der Waals surface area contributed by atoms with Crippen LogP contribution in [0, 0.1) is 0 Å². The Hall–Kier alpha value is -1.51. The lowest BCUT2D eigenvalue weighted by molar-refractivity contribution is -0.275. The predicted octanol–water partition coefficient (Wildman–Crippen LogP) is 2.27.